The second-order valence-electron chi connectivity index (χ2n) is 5.72. The lowest BCUT2D eigenvalue weighted by atomic mass is 10.2. The highest BCUT2D eigenvalue weighted by molar-refractivity contribution is 6.31. The topological polar surface area (TPSA) is 76.1 Å². The average Bonchev–Trinajstić information content (AvgIpc) is 2.96. The number of H-pyrrole nitrogens is 1. The summed E-state index contributed by atoms with van der Waals surface area (Å²) in [5.74, 6) is -0.314. The van der Waals surface area contributed by atoms with Gasteiger partial charge in [-0.05, 0) is 30.7 Å². The monoisotopic (exact) mass is 371 g/mol. The molecule has 0 fully saturated rings. The Kier molecular flexibility index (Phi) is 5.55. The van der Waals surface area contributed by atoms with Crippen molar-refractivity contribution < 1.29 is 9.53 Å². The van der Waals surface area contributed by atoms with Gasteiger partial charge in [-0.1, -0.05) is 41.9 Å². The smallest absolute Gasteiger partial charge is 0.330 e. The number of anilines is 1. The number of carbonyl (C=O) groups excluding carboxylic acids is 1. The highest BCUT2D eigenvalue weighted by Crippen LogP contribution is 2.20. The molecule has 1 heterocycles. The zero-order chi connectivity index (χ0) is 18.5. The number of ether oxygens (including phenoxy) is 1. The van der Waals surface area contributed by atoms with E-state index in [0.717, 1.165) is 11.3 Å². The van der Waals surface area contributed by atoms with Crippen molar-refractivity contribution in [1.82, 2.24) is 9.55 Å². The summed E-state index contributed by atoms with van der Waals surface area (Å²) < 4.78 is 6.94. The number of nitrogens with zero attached hydrogens (tertiary/aromatic N) is 1. The second kappa shape index (κ2) is 8.03. The van der Waals surface area contributed by atoms with Gasteiger partial charge in [-0.3, -0.25) is 9.36 Å². The van der Waals surface area contributed by atoms with E-state index in [-0.39, 0.29) is 24.8 Å². The molecular weight excluding hydrogens is 354 g/mol. The van der Waals surface area contributed by atoms with Crippen LogP contribution in [0.25, 0.3) is 5.69 Å². The lowest BCUT2D eigenvalue weighted by Crippen LogP contribution is -2.22. The maximum absolute atomic E-state index is 12.2. The number of nitrogens with one attached hydrogen (secondary N) is 2. The number of hydrogen-bond donors (Lipinski definition) is 2. The molecule has 2 aromatic carbocycles. The van der Waals surface area contributed by atoms with E-state index in [2.05, 4.69) is 10.3 Å². The van der Waals surface area contributed by atoms with Gasteiger partial charge in [0.05, 0.1) is 18.0 Å². The van der Waals surface area contributed by atoms with Crippen LogP contribution >= 0.6 is 11.6 Å². The van der Waals surface area contributed by atoms with Crippen LogP contribution in [0.15, 0.2) is 59.5 Å². The summed E-state index contributed by atoms with van der Waals surface area (Å²) >= 11 is 6.06. The Hall–Kier alpha value is -2.83. The van der Waals surface area contributed by atoms with E-state index in [1.807, 2.05) is 25.1 Å². The van der Waals surface area contributed by atoms with Crippen LogP contribution in [0, 0.1) is 6.92 Å². The van der Waals surface area contributed by atoms with Gasteiger partial charge < -0.3 is 15.0 Å². The summed E-state index contributed by atoms with van der Waals surface area (Å²) in [5, 5.41) is 3.38. The lowest BCUT2D eigenvalue weighted by Gasteiger charge is -2.12. The van der Waals surface area contributed by atoms with E-state index in [1.54, 1.807) is 36.5 Å². The van der Waals surface area contributed by atoms with Crippen molar-refractivity contribution in [3.8, 4) is 5.69 Å². The highest BCUT2D eigenvalue weighted by atomic mass is 35.5. The fourth-order valence-electron chi connectivity index (χ4n) is 2.58. The Bertz CT molecular complexity index is 978. The SMILES string of the molecule is Cc1c[nH]c(=O)n1-c1ccccc1NC(=O)COCc1ccccc1Cl. The minimum Gasteiger partial charge on any atom is -0.367 e. The molecule has 0 bridgehead atoms. The summed E-state index contributed by atoms with van der Waals surface area (Å²) in [6.45, 7) is 1.93. The van der Waals surface area contributed by atoms with Crippen molar-refractivity contribution in [3.63, 3.8) is 0 Å². The van der Waals surface area contributed by atoms with Gasteiger partial charge in [0.15, 0.2) is 0 Å². The number of amides is 1. The van der Waals surface area contributed by atoms with Gasteiger partial charge >= 0.3 is 5.69 Å². The van der Waals surface area contributed by atoms with Gasteiger partial charge in [0.2, 0.25) is 5.91 Å². The van der Waals surface area contributed by atoms with Crippen LogP contribution in [0.1, 0.15) is 11.3 Å². The number of rotatable bonds is 6. The second-order valence-corrected chi connectivity index (χ2v) is 6.13. The molecule has 0 aliphatic rings. The van der Waals surface area contributed by atoms with Gasteiger partial charge in [0.25, 0.3) is 0 Å². The number of halogens is 1. The number of carbonyl (C=O) groups is 1. The number of para-hydroxylation sites is 2. The largest absolute Gasteiger partial charge is 0.367 e. The molecule has 7 heteroatoms. The normalized spacial score (nSPS) is 10.7. The molecule has 0 radical (unpaired) electrons. The average molecular weight is 372 g/mol. The molecule has 0 spiro atoms. The fraction of sp³-hybridized carbons (Fsp3) is 0.158. The van der Waals surface area contributed by atoms with Crippen molar-refractivity contribution in [2.75, 3.05) is 11.9 Å². The third-order valence-corrected chi connectivity index (χ3v) is 4.20. The molecule has 1 aromatic heterocycles. The molecule has 3 rings (SSSR count). The summed E-state index contributed by atoms with van der Waals surface area (Å²) in [4.78, 5) is 26.8. The summed E-state index contributed by atoms with van der Waals surface area (Å²) in [6, 6.07) is 14.4. The number of imidazole rings is 1. The molecule has 26 heavy (non-hydrogen) atoms. The maximum atomic E-state index is 12.2. The molecule has 134 valence electrons. The Morgan fingerprint density at radius 3 is 2.65 bits per heavy atom. The first-order chi connectivity index (χ1) is 12.6. The van der Waals surface area contributed by atoms with Crippen LogP contribution in [0.3, 0.4) is 0 Å². The number of hydrogen-bond acceptors (Lipinski definition) is 3. The molecule has 0 unspecified atom stereocenters. The van der Waals surface area contributed by atoms with Crippen molar-refractivity contribution in [2.45, 2.75) is 13.5 Å². The van der Waals surface area contributed by atoms with Crippen LogP contribution in [-0.2, 0) is 16.1 Å². The van der Waals surface area contributed by atoms with E-state index in [1.165, 1.54) is 4.57 Å². The van der Waals surface area contributed by atoms with Crippen LogP contribution in [-0.4, -0.2) is 22.1 Å². The number of aryl methyl sites for hydroxylation is 1. The van der Waals surface area contributed by atoms with Crippen LogP contribution in [0.5, 0.6) is 0 Å². The molecule has 0 aliphatic carbocycles. The van der Waals surface area contributed by atoms with E-state index in [0.29, 0.717) is 16.4 Å². The first kappa shape index (κ1) is 18.0. The minimum atomic E-state index is -0.314. The van der Waals surface area contributed by atoms with Gasteiger partial charge in [0, 0.05) is 16.9 Å². The molecule has 3 aromatic rings. The van der Waals surface area contributed by atoms with E-state index < -0.39 is 0 Å². The van der Waals surface area contributed by atoms with Gasteiger partial charge in [-0.2, -0.15) is 0 Å². The van der Waals surface area contributed by atoms with E-state index in [9.17, 15) is 9.59 Å². The molecule has 6 nitrogen and oxygen atoms in total. The van der Waals surface area contributed by atoms with Crippen LogP contribution < -0.4 is 11.0 Å². The summed E-state index contributed by atoms with van der Waals surface area (Å²) in [7, 11) is 0. The predicted molar refractivity (Wildman–Crippen MR) is 101 cm³/mol. The van der Waals surface area contributed by atoms with Crippen molar-refractivity contribution in [1.29, 1.82) is 0 Å². The van der Waals surface area contributed by atoms with E-state index in [4.69, 9.17) is 16.3 Å². The summed E-state index contributed by atoms with van der Waals surface area (Å²) in [5.41, 5.74) is 2.42. The molecule has 2 N–H and O–H groups in total. The van der Waals surface area contributed by atoms with E-state index >= 15 is 0 Å². The van der Waals surface area contributed by atoms with Crippen molar-refractivity contribution in [2.24, 2.45) is 0 Å². The quantitative estimate of drug-likeness (QED) is 0.698. The van der Waals surface area contributed by atoms with Crippen molar-refractivity contribution >= 4 is 23.2 Å². The fourth-order valence-corrected chi connectivity index (χ4v) is 2.77. The number of aromatic amines is 1. The first-order valence-electron chi connectivity index (χ1n) is 8.03. The lowest BCUT2D eigenvalue weighted by molar-refractivity contribution is -0.121. The zero-order valence-electron chi connectivity index (χ0n) is 14.2. The Labute approximate surface area is 155 Å². The number of benzene rings is 2. The molecule has 0 saturated heterocycles. The van der Waals surface area contributed by atoms with Gasteiger partial charge in [0.1, 0.15) is 6.61 Å². The zero-order valence-corrected chi connectivity index (χ0v) is 14.9. The third kappa shape index (κ3) is 4.04. The Morgan fingerprint density at radius 2 is 1.92 bits per heavy atom. The highest BCUT2D eigenvalue weighted by Gasteiger charge is 2.12. The third-order valence-electron chi connectivity index (χ3n) is 3.83. The molecule has 0 saturated carbocycles. The Morgan fingerprint density at radius 1 is 1.19 bits per heavy atom. The first-order valence-corrected chi connectivity index (χ1v) is 8.41. The summed E-state index contributed by atoms with van der Waals surface area (Å²) in [6.07, 6.45) is 1.62. The molecule has 0 aliphatic heterocycles. The molecular formula is C19H18ClN3O3. The minimum absolute atomic E-state index is 0.124. The predicted octanol–water partition coefficient (Wildman–Crippen LogP) is 3.28. The Balaban J connectivity index is 1.67. The van der Waals surface area contributed by atoms with Gasteiger partial charge in [-0.15, -0.1) is 0 Å². The standard InChI is InChI=1S/C19H18ClN3O3/c1-13-10-21-19(25)23(13)17-9-5-4-8-16(17)22-18(24)12-26-11-14-6-2-3-7-15(14)20/h2-10H,11-12H2,1H3,(H,21,25)(H,22,24). The van der Waals surface area contributed by atoms with Crippen molar-refractivity contribution in [3.05, 3.63) is 81.5 Å². The van der Waals surface area contributed by atoms with Crippen LogP contribution in [0.2, 0.25) is 5.02 Å². The molecule has 0 atom stereocenters. The molecule has 1 amide bonds. The maximum Gasteiger partial charge on any atom is 0.330 e. The number of aromatic nitrogens is 2. The van der Waals surface area contributed by atoms with Crippen LogP contribution in [0.4, 0.5) is 5.69 Å². The van der Waals surface area contributed by atoms with Gasteiger partial charge in [-0.25, -0.2) is 4.79 Å².